The van der Waals surface area contributed by atoms with Crippen LogP contribution < -0.4 is 0 Å². The van der Waals surface area contributed by atoms with Crippen molar-refractivity contribution in [2.24, 2.45) is 0 Å². The highest BCUT2D eigenvalue weighted by Gasteiger charge is 2.26. The number of ether oxygens (including phenoxy) is 1. The van der Waals surface area contributed by atoms with E-state index < -0.39 is 0 Å². The normalized spacial score (nSPS) is 13.5. The lowest BCUT2D eigenvalue weighted by molar-refractivity contribution is -0.132. The van der Waals surface area contributed by atoms with E-state index in [1.165, 1.54) is 0 Å². The van der Waals surface area contributed by atoms with Gasteiger partial charge in [-0.2, -0.15) is 0 Å². The molecule has 0 fully saturated rings. The van der Waals surface area contributed by atoms with Crippen LogP contribution in [0.2, 0.25) is 0 Å². The Morgan fingerprint density at radius 1 is 1.35 bits per heavy atom. The van der Waals surface area contributed by atoms with E-state index in [1.807, 2.05) is 17.0 Å². The number of carbonyl (C=O) groups excluding carboxylic acids is 1. The Labute approximate surface area is 120 Å². The molecule has 0 radical (unpaired) electrons. The van der Waals surface area contributed by atoms with Gasteiger partial charge in [0.15, 0.2) is 0 Å². The minimum Gasteiger partial charge on any atom is -0.375 e. The third-order valence-corrected chi connectivity index (χ3v) is 4.09. The molecule has 0 aliphatic rings. The topological polar surface area (TPSA) is 29.5 Å². The first-order valence-corrected chi connectivity index (χ1v) is 7.42. The van der Waals surface area contributed by atoms with Crippen molar-refractivity contribution in [1.82, 2.24) is 3.11 Å². The predicted molar refractivity (Wildman–Crippen MR) is 80.2 cm³/mol. The van der Waals surface area contributed by atoms with Gasteiger partial charge in [0.1, 0.15) is 0 Å². The van der Waals surface area contributed by atoms with E-state index in [-0.39, 0.29) is 11.5 Å². The fourth-order valence-electron chi connectivity index (χ4n) is 1.65. The van der Waals surface area contributed by atoms with Crippen molar-refractivity contribution in [1.29, 1.82) is 0 Å². The summed E-state index contributed by atoms with van der Waals surface area (Å²) in [5, 5.41) is 0. The smallest absolute Gasteiger partial charge is 0.234 e. The third-order valence-electron chi connectivity index (χ3n) is 2.61. The Bertz CT molecular complexity index is 231. The standard InChI is InChI=1S/C13H26INO2/c1-6-8-11(3)15(14)12(16)10-13(4,5)17-9-7-2/h11H,6-10H2,1-5H3. The fourth-order valence-corrected chi connectivity index (χ4v) is 2.10. The number of hydrogen-bond acceptors (Lipinski definition) is 2. The first kappa shape index (κ1) is 17.2. The number of carbonyl (C=O) groups is 1. The van der Waals surface area contributed by atoms with E-state index >= 15 is 0 Å². The molecule has 0 rings (SSSR count). The molecule has 0 saturated carbocycles. The van der Waals surface area contributed by atoms with Gasteiger partial charge in [0, 0.05) is 12.6 Å². The Balaban J connectivity index is 4.22. The van der Waals surface area contributed by atoms with Gasteiger partial charge >= 0.3 is 0 Å². The summed E-state index contributed by atoms with van der Waals surface area (Å²) >= 11 is 2.12. The molecule has 0 heterocycles. The monoisotopic (exact) mass is 355 g/mol. The molecule has 0 aromatic heterocycles. The molecule has 0 aromatic rings. The van der Waals surface area contributed by atoms with Crippen LogP contribution in [0.3, 0.4) is 0 Å². The van der Waals surface area contributed by atoms with Crippen molar-refractivity contribution < 1.29 is 9.53 Å². The summed E-state index contributed by atoms with van der Waals surface area (Å²) in [7, 11) is 0. The minimum absolute atomic E-state index is 0.160. The average Bonchev–Trinajstić information content (AvgIpc) is 2.25. The maximum atomic E-state index is 12.1. The second-order valence-corrected chi connectivity index (χ2v) is 6.17. The van der Waals surface area contributed by atoms with Gasteiger partial charge in [-0.05, 0) is 33.6 Å². The zero-order chi connectivity index (χ0) is 13.5. The Morgan fingerprint density at radius 2 is 1.94 bits per heavy atom. The van der Waals surface area contributed by atoms with Crippen molar-refractivity contribution in [3.8, 4) is 0 Å². The second-order valence-electron chi connectivity index (χ2n) is 5.13. The van der Waals surface area contributed by atoms with Gasteiger partial charge in [0.25, 0.3) is 0 Å². The van der Waals surface area contributed by atoms with Crippen LogP contribution in [0.25, 0.3) is 0 Å². The highest BCUT2D eigenvalue weighted by Crippen LogP contribution is 2.21. The first-order valence-electron chi connectivity index (χ1n) is 6.45. The molecule has 102 valence electrons. The molecule has 0 spiro atoms. The lowest BCUT2D eigenvalue weighted by atomic mass is 10.0. The summed E-state index contributed by atoms with van der Waals surface area (Å²) < 4.78 is 7.51. The van der Waals surface area contributed by atoms with Crippen molar-refractivity contribution in [3.63, 3.8) is 0 Å². The maximum absolute atomic E-state index is 12.1. The molecule has 0 bridgehead atoms. The molecule has 0 N–H and O–H groups in total. The lowest BCUT2D eigenvalue weighted by Crippen LogP contribution is -2.37. The average molecular weight is 355 g/mol. The molecule has 0 aromatic carbocycles. The van der Waals surface area contributed by atoms with Crippen LogP contribution in [0.4, 0.5) is 0 Å². The Hall–Kier alpha value is 0.160. The van der Waals surface area contributed by atoms with Crippen LogP contribution in [0.1, 0.15) is 60.3 Å². The Morgan fingerprint density at radius 3 is 2.41 bits per heavy atom. The predicted octanol–water partition coefficient (Wildman–Crippen LogP) is 3.95. The summed E-state index contributed by atoms with van der Waals surface area (Å²) in [5.74, 6) is 0.160. The van der Waals surface area contributed by atoms with Crippen LogP contribution in [0.15, 0.2) is 0 Å². The zero-order valence-electron chi connectivity index (χ0n) is 11.8. The summed E-state index contributed by atoms with van der Waals surface area (Å²) in [6.07, 6.45) is 3.58. The molecular weight excluding hydrogens is 329 g/mol. The number of hydrogen-bond donors (Lipinski definition) is 0. The molecule has 0 saturated heterocycles. The number of nitrogens with zero attached hydrogens (tertiary/aromatic N) is 1. The molecule has 1 amide bonds. The van der Waals surface area contributed by atoms with Gasteiger partial charge in [0.05, 0.1) is 34.9 Å². The van der Waals surface area contributed by atoms with Crippen LogP contribution in [0.5, 0.6) is 0 Å². The summed E-state index contributed by atoms with van der Waals surface area (Å²) in [4.78, 5) is 12.1. The first-order chi connectivity index (χ1) is 7.84. The number of halogens is 1. The van der Waals surface area contributed by atoms with Gasteiger partial charge in [-0.3, -0.25) is 7.91 Å². The zero-order valence-corrected chi connectivity index (χ0v) is 13.9. The van der Waals surface area contributed by atoms with E-state index in [9.17, 15) is 4.79 Å². The molecular formula is C13H26INO2. The van der Waals surface area contributed by atoms with Gasteiger partial charge in [0.2, 0.25) is 5.91 Å². The number of rotatable bonds is 8. The van der Waals surface area contributed by atoms with E-state index in [4.69, 9.17) is 4.74 Å². The third kappa shape index (κ3) is 7.24. The van der Waals surface area contributed by atoms with Crippen LogP contribution in [0, 0.1) is 0 Å². The van der Waals surface area contributed by atoms with Crippen LogP contribution in [-0.4, -0.2) is 27.3 Å². The highest BCUT2D eigenvalue weighted by molar-refractivity contribution is 14.1. The van der Waals surface area contributed by atoms with Gasteiger partial charge < -0.3 is 4.74 Å². The molecule has 4 heteroatoms. The van der Waals surface area contributed by atoms with Crippen LogP contribution in [-0.2, 0) is 9.53 Å². The van der Waals surface area contributed by atoms with Gasteiger partial charge in [-0.1, -0.05) is 20.3 Å². The molecule has 1 atom stereocenters. The highest BCUT2D eigenvalue weighted by atomic mass is 127. The molecule has 17 heavy (non-hydrogen) atoms. The second kappa shape index (κ2) is 8.29. The largest absolute Gasteiger partial charge is 0.375 e. The van der Waals surface area contributed by atoms with Gasteiger partial charge in [-0.25, -0.2) is 0 Å². The SMILES string of the molecule is CCCOC(C)(C)CC(=O)N(I)C(C)CCC. The maximum Gasteiger partial charge on any atom is 0.234 e. The lowest BCUT2D eigenvalue weighted by Gasteiger charge is -2.29. The van der Waals surface area contributed by atoms with Crippen LogP contribution >= 0.6 is 22.9 Å². The minimum atomic E-state index is -0.359. The van der Waals surface area contributed by atoms with Crippen molar-refractivity contribution in [2.45, 2.75) is 71.9 Å². The fraction of sp³-hybridized carbons (Fsp3) is 0.923. The van der Waals surface area contributed by atoms with E-state index in [0.29, 0.717) is 19.1 Å². The quantitative estimate of drug-likeness (QED) is 0.487. The van der Waals surface area contributed by atoms with Gasteiger partial charge in [-0.15, -0.1) is 0 Å². The van der Waals surface area contributed by atoms with Crippen molar-refractivity contribution in [2.75, 3.05) is 6.61 Å². The Kier molecular flexibility index (Phi) is 8.37. The van der Waals surface area contributed by atoms with E-state index in [1.54, 1.807) is 0 Å². The van der Waals surface area contributed by atoms with E-state index in [0.717, 1.165) is 19.3 Å². The van der Waals surface area contributed by atoms with Crippen molar-refractivity contribution in [3.05, 3.63) is 0 Å². The summed E-state index contributed by atoms with van der Waals surface area (Å²) in [6.45, 7) is 11.0. The van der Waals surface area contributed by atoms with Crippen molar-refractivity contribution >= 4 is 28.8 Å². The molecule has 0 aliphatic carbocycles. The molecule has 0 aliphatic heterocycles. The van der Waals surface area contributed by atoms with E-state index in [2.05, 4.69) is 43.6 Å². The number of amides is 1. The molecule has 1 unspecified atom stereocenters. The molecule has 3 nitrogen and oxygen atoms in total. The summed E-state index contributed by atoms with van der Waals surface area (Å²) in [5.41, 5.74) is -0.359. The summed E-state index contributed by atoms with van der Waals surface area (Å²) in [6, 6.07) is 0.301.